The van der Waals surface area contributed by atoms with E-state index in [2.05, 4.69) is 25.7 Å². The maximum Gasteiger partial charge on any atom is 0.104 e. The number of hydrogen-bond donors (Lipinski definition) is 1. The smallest absolute Gasteiger partial charge is 0.104 e. The molecule has 2 rings (SSSR count). The van der Waals surface area contributed by atoms with Crippen LogP contribution in [0.1, 0.15) is 25.3 Å². The topological polar surface area (TPSA) is 43.8 Å². The molecule has 1 heterocycles. The lowest BCUT2D eigenvalue weighted by Gasteiger charge is -2.11. The van der Waals surface area contributed by atoms with Gasteiger partial charge in [0, 0.05) is 0 Å². The van der Waals surface area contributed by atoms with Crippen LogP contribution in [0.2, 0.25) is 0 Å². The van der Waals surface area contributed by atoms with Gasteiger partial charge in [-0.1, -0.05) is 0 Å². The van der Waals surface area contributed by atoms with E-state index in [1.54, 1.807) is 0 Å². The molecule has 0 saturated heterocycles. The van der Waals surface area contributed by atoms with Crippen LogP contribution in [0.25, 0.3) is 0 Å². The predicted octanol–water partition coefficient (Wildman–Crippen LogP) is 1.95. The molecule has 2 unspecified atom stereocenters. The minimum atomic E-state index is 0.554. The monoisotopic (exact) mass is 243 g/mol. The Morgan fingerprint density at radius 2 is 2.46 bits per heavy atom. The molecule has 13 heavy (non-hydrogen) atoms. The molecular weight excluding hydrogens is 230 g/mol. The van der Waals surface area contributed by atoms with Crippen LogP contribution in [0.5, 0.6) is 0 Å². The molecule has 1 aromatic rings. The van der Waals surface area contributed by atoms with E-state index in [0.717, 1.165) is 11.1 Å². The Kier molecular flexibility index (Phi) is 2.69. The molecule has 1 aliphatic rings. The van der Waals surface area contributed by atoms with Gasteiger partial charge >= 0.3 is 0 Å². The first-order valence-electron chi connectivity index (χ1n) is 4.70. The normalized spacial score (nSPS) is 28.2. The largest absolute Gasteiger partial charge is 0.330 e. The van der Waals surface area contributed by atoms with E-state index in [-0.39, 0.29) is 0 Å². The van der Waals surface area contributed by atoms with Crippen LogP contribution < -0.4 is 5.73 Å². The fraction of sp³-hybridized carbons (Fsp3) is 0.667. The molecule has 0 bridgehead atoms. The first-order valence-corrected chi connectivity index (χ1v) is 5.49. The molecule has 4 heteroatoms. The Bertz CT molecular complexity index is 284. The Morgan fingerprint density at radius 3 is 3.00 bits per heavy atom. The average molecular weight is 244 g/mol. The highest BCUT2D eigenvalue weighted by Crippen LogP contribution is 2.34. The molecule has 0 amide bonds. The van der Waals surface area contributed by atoms with Gasteiger partial charge in [0.2, 0.25) is 0 Å². The Balaban J connectivity index is 2.08. The molecule has 1 saturated carbocycles. The summed E-state index contributed by atoms with van der Waals surface area (Å²) in [5, 5.41) is 4.30. The van der Waals surface area contributed by atoms with E-state index in [1.165, 1.54) is 19.3 Å². The number of nitrogens with two attached hydrogens (primary N) is 1. The molecule has 1 aliphatic carbocycles. The maximum atomic E-state index is 5.65. The molecule has 0 radical (unpaired) electrons. The molecule has 2 atom stereocenters. The first-order chi connectivity index (χ1) is 6.31. The molecular formula is C9H14BrN3. The van der Waals surface area contributed by atoms with Gasteiger partial charge in [0.1, 0.15) is 4.60 Å². The van der Waals surface area contributed by atoms with Crippen LogP contribution in [-0.2, 0) is 0 Å². The molecule has 0 aliphatic heterocycles. The van der Waals surface area contributed by atoms with Gasteiger partial charge in [-0.2, -0.15) is 5.10 Å². The van der Waals surface area contributed by atoms with Gasteiger partial charge in [-0.25, -0.2) is 0 Å². The lowest BCUT2D eigenvalue weighted by atomic mass is 10.1. The minimum Gasteiger partial charge on any atom is -0.330 e. The average Bonchev–Trinajstić information content (AvgIpc) is 2.71. The van der Waals surface area contributed by atoms with Crippen LogP contribution in [0.4, 0.5) is 0 Å². The van der Waals surface area contributed by atoms with E-state index < -0.39 is 0 Å². The van der Waals surface area contributed by atoms with Crippen molar-refractivity contribution in [3.8, 4) is 0 Å². The van der Waals surface area contributed by atoms with E-state index in [1.807, 2.05) is 12.3 Å². The van der Waals surface area contributed by atoms with Gasteiger partial charge in [0.05, 0.1) is 12.2 Å². The van der Waals surface area contributed by atoms with Crippen molar-refractivity contribution in [3.63, 3.8) is 0 Å². The molecule has 1 fully saturated rings. The maximum absolute atomic E-state index is 5.65. The highest BCUT2D eigenvalue weighted by atomic mass is 79.9. The fourth-order valence-corrected chi connectivity index (χ4v) is 2.55. The lowest BCUT2D eigenvalue weighted by molar-refractivity contribution is 0.436. The summed E-state index contributed by atoms with van der Waals surface area (Å²) in [7, 11) is 0. The van der Waals surface area contributed by atoms with Crippen LogP contribution >= 0.6 is 15.9 Å². The van der Waals surface area contributed by atoms with E-state index in [4.69, 9.17) is 5.73 Å². The van der Waals surface area contributed by atoms with E-state index >= 15 is 0 Å². The molecule has 72 valence electrons. The Hall–Kier alpha value is -0.350. The predicted molar refractivity (Wildman–Crippen MR) is 55.4 cm³/mol. The van der Waals surface area contributed by atoms with Gasteiger partial charge in [-0.05, 0) is 53.7 Å². The summed E-state index contributed by atoms with van der Waals surface area (Å²) in [6.07, 6.45) is 5.46. The summed E-state index contributed by atoms with van der Waals surface area (Å²) in [6.45, 7) is 0.815. The number of rotatable bonds is 2. The SMILES string of the molecule is NCC1CCC(n2nccc2Br)C1. The Morgan fingerprint density at radius 1 is 1.62 bits per heavy atom. The number of halogens is 1. The highest BCUT2D eigenvalue weighted by molar-refractivity contribution is 9.10. The lowest BCUT2D eigenvalue weighted by Crippen LogP contribution is -2.12. The minimum absolute atomic E-state index is 0.554. The second-order valence-electron chi connectivity index (χ2n) is 3.67. The molecule has 1 aromatic heterocycles. The molecule has 2 N–H and O–H groups in total. The molecule has 3 nitrogen and oxygen atoms in total. The van der Waals surface area contributed by atoms with E-state index in [0.29, 0.717) is 12.0 Å². The van der Waals surface area contributed by atoms with Gasteiger partial charge < -0.3 is 5.73 Å². The van der Waals surface area contributed by atoms with Crippen molar-refractivity contribution in [2.24, 2.45) is 11.7 Å². The van der Waals surface area contributed by atoms with Gasteiger partial charge in [-0.15, -0.1) is 0 Å². The van der Waals surface area contributed by atoms with Crippen LogP contribution in [0, 0.1) is 5.92 Å². The van der Waals surface area contributed by atoms with E-state index in [9.17, 15) is 0 Å². The van der Waals surface area contributed by atoms with Crippen molar-refractivity contribution in [1.29, 1.82) is 0 Å². The van der Waals surface area contributed by atoms with Crippen molar-refractivity contribution in [3.05, 3.63) is 16.9 Å². The summed E-state index contributed by atoms with van der Waals surface area (Å²) >= 11 is 3.49. The summed E-state index contributed by atoms with van der Waals surface area (Å²) in [5.74, 6) is 0.695. The van der Waals surface area contributed by atoms with Gasteiger partial charge in [-0.3, -0.25) is 4.68 Å². The molecule has 0 spiro atoms. The van der Waals surface area contributed by atoms with Crippen molar-refractivity contribution < 1.29 is 0 Å². The van der Waals surface area contributed by atoms with Crippen molar-refractivity contribution in [2.45, 2.75) is 25.3 Å². The fourth-order valence-electron chi connectivity index (χ4n) is 2.05. The standard InChI is InChI=1S/C9H14BrN3/c10-9-3-4-12-13(9)8-2-1-7(5-8)6-11/h3-4,7-8H,1-2,5-6,11H2. The second-order valence-corrected chi connectivity index (χ2v) is 4.48. The third-order valence-corrected chi connectivity index (χ3v) is 3.44. The van der Waals surface area contributed by atoms with Gasteiger partial charge in [0.25, 0.3) is 0 Å². The number of aromatic nitrogens is 2. The van der Waals surface area contributed by atoms with Crippen LogP contribution in [-0.4, -0.2) is 16.3 Å². The Labute approximate surface area is 86.4 Å². The van der Waals surface area contributed by atoms with Crippen molar-refractivity contribution in [2.75, 3.05) is 6.54 Å². The highest BCUT2D eigenvalue weighted by Gasteiger charge is 2.26. The van der Waals surface area contributed by atoms with Crippen molar-refractivity contribution >= 4 is 15.9 Å². The summed E-state index contributed by atoms with van der Waals surface area (Å²) in [5.41, 5.74) is 5.65. The third-order valence-electron chi connectivity index (χ3n) is 2.81. The first kappa shape index (κ1) is 9.21. The van der Waals surface area contributed by atoms with Gasteiger partial charge in [0.15, 0.2) is 0 Å². The third kappa shape index (κ3) is 1.79. The van der Waals surface area contributed by atoms with Crippen LogP contribution in [0.15, 0.2) is 16.9 Å². The quantitative estimate of drug-likeness (QED) is 0.864. The number of nitrogens with zero attached hydrogens (tertiary/aromatic N) is 2. The van der Waals surface area contributed by atoms with Crippen LogP contribution in [0.3, 0.4) is 0 Å². The number of hydrogen-bond acceptors (Lipinski definition) is 2. The molecule has 0 aromatic carbocycles. The zero-order valence-electron chi connectivity index (χ0n) is 7.49. The second kappa shape index (κ2) is 3.80. The summed E-state index contributed by atoms with van der Waals surface area (Å²) < 4.78 is 3.14. The zero-order valence-corrected chi connectivity index (χ0v) is 9.07. The zero-order chi connectivity index (χ0) is 9.26. The van der Waals surface area contributed by atoms with Crippen molar-refractivity contribution in [1.82, 2.24) is 9.78 Å². The summed E-state index contributed by atoms with van der Waals surface area (Å²) in [6, 6.07) is 2.54. The summed E-state index contributed by atoms with van der Waals surface area (Å²) in [4.78, 5) is 0.